The molecule has 1 rings (SSSR count). The van der Waals surface area contributed by atoms with Crippen molar-refractivity contribution < 1.29 is 19.4 Å². The van der Waals surface area contributed by atoms with Crippen molar-refractivity contribution in [2.75, 3.05) is 26.4 Å². The lowest BCUT2D eigenvalue weighted by Crippen LogP contribution is -2.10. The number of rotatable bonds is 12. The van der Waals surface area contributed by atoms with E-state index in [-0.39, 0.29) is 4.49 Å². The monoisotopic (exact) mass is 389 g/mol. The molecule has 0 bridgehead atoms. The van der Waals surface area contributed by atoms with E-state index in [0.29, 0.717) is 32.8 Å². The van der Waals surface area contributed by atoms with Crippen LogP contribution in [0, 0.1) is 0 Å². The normalized spacial score (nSPS) is 10.9. The van der Waals surface area contributed by atoms with Crippen LogP contribution in [0.1, 0.15) is 31.4 Å². The van der Waals surface area contributed by atoms with Gasteiger partial charge in [0.1, 0.15) is 29.2 Å². The molecule has 140 valence electrons. The first-order valence-electron chi connectivity index (χ1n) is 8.28. The summed E-state index contributed by atoms with van der Waals surface area (Å²) in [6.45, 7) is 5.90. The summed E-state index contributed by atoms with van der Waals surface area (Å²) in [5.41, 5.74) is 2.17. The Hall–Kier alpha value is -1.43. The van der Waals surface area contributed by atoms with E-state index in [1.807, 2.05) is 12.1 Å². The van der Waals surface area contributed by atoms with Crippen LogP contribution in [0.4, 0.5) is 0 Å². The zero-order valence-corrected chi connectivity index (χ0v) is 16.1. The Bertz CT molecular complexity index is 547. The van der Waals surface area contributed by atoms with E-state index >= 15 is 0 Å². The summed E-state index contributed by atoms with van der Waals surface area (Å²) in [6.07, 6.45) is 5.24. The maximum absolute atomic E-state index is 8.30. The fourth-order valence-electron chi connectivity index (χ4n) is 2.22. The van der Waals surface area contributed by atoms with Gasteiger partial charge in [-0.1, -0.05) is 37.0 Å². The molecule has 1 N–H and O–H groups in total. The Morgan fingerprint density at radius 1 is 1.08 bits per heavy atom. The lowest BCUT2D eigenvalue weighted by molar-refractivity contribution is 0.105. The highest BCUT2D eigenvalue weighted by molar-refractivity contribution is 6.55. The summed E-state index contributed by atoms with van der Waals surface area (Å²) in [6, 6.07) is 3.95. The Morgan fingerprint density at radius 3 is 2.32 bits per heavy atom. The van der Waals surface area contributed by atoms with E-state index < -0.39 is 0 Å². The molecular formula is C18H25Cl2NO4. The number of ether oxygens (including phenoxy) is 3. The molecule has 0 unspecified atom stereocenters. The number of hydrogen-bond donors (Lipinski definition) is 1. The van der Waals surface area contributed by atoms with Crippen molar-refractivity contribution in [2.45, 2.75) is 33.1 Å². The third kappa shape index (κ3) is 8.47. The van der Waals surface area contributed by atoms with Gasteiger partial charge < -0.3 is 19.4 Å². The quantitative estimate of drug-likeness (QED) is 0.242. The maximum atomic E-state index is 8.30. The third-order valence-corrected chi connectivity index (χ3v) is 3.72. The fourth-order valence-corrected chi connectivity index (χ4v) is 2.34. The second kappa shape index (κ2) is 12.9. The SMILES string of the molecule is CCc1cc(OCC=C(Cl)Cl)cc(CC)c1OCCOCC/C=N/O. The van der Waals surface area contributed by atoms with Crippen LogP contribution in [0.25, 0.3) is 0 Å². The highest BCUT2D eigenvalue weighted by atomic mass is 35.5. The number of oxime groups is 1. The van der Waals surface area contributed by atoms with E-state index in [2.05, 4.69) is 19.0 Å². The molecule has 0 aliphatic rings. The van der Waals surface area contributed by atoms with Crippen molar-refractivity contribution in [3.05, 3.63) is 33.8 Å². The number of hydrogen-bond acceptors (Lipinski definition) is 5. The molecule has 0 saturated heterocycles. The Labute approximate surface area is 159 Å². The van der Waals surface area contributed by atoms with Crippen molar-refractivity contribution in [1.82, 2.24) is 0 Å². The van der Waals surface area contributed by atoms with E-state index in [1.165, 1.54) is 6.21 Å². The maximum Gasteiger partial charge on any atom is 0.126 e. The van der Waals surface area contributed by atoms with Gasteiger partial charge in [0.25, 0.3) is 0 Å². The molecule has 1 aromatic carbocycles. The van der Waals surface area contributed by atoms with Gasteiger partial charge in [-0.05, 0) is 42.2 Å². The predicted octanol–water partition coefficient (Wildman–Crippen LogP) is 4.75. The van der Waals surface area contributed by atoms with Crippen LogP contribution in [0.15, 0.2) is 27.9 Å². The molecule has 0 saturated carbocycles. The first-order valence-corrected chi connectivity index (χ1v) is 9.04. The zero-order valence-electron chi connectivity index (χ0n) is 14.6. The van der Waals surface area contributed by atoms with Crippen LogP contribution in [-0.4, -0.2) is 37.8 Å². The Balaban J connectivity index is 2.66. The van der Waals surface area contributed by atoms with Crippen LogP contribution in [0.3, 0.4) is 0 Å². The average molecular weight is 390 g/mol. The molecule has 25 heavy (non-hydrogen) atoms. The fraction of sp³-hybridized carbons (Fsp3) is 0.500. The minimum atomic E-state index is 0.191. The van der Waals surface area contributed by atoms with Gasteiger partial charge in [-0.15, -0.1) is 5.16 Å². The van der Waals surface area contributed by atoms with Crippen molar-refractivity contribution in [1.29, 1.82) is 0 Å². The van der Waals surface area contributed by atoms with E-state index in [9.17, 15) is 0 Å². The minimum absolute atomic E-state index is 0.191. The molecule has 0 heterocycles. The molecule has 0 radical (unpaired) electrons. The largest absolute Gasteiger partial charge is 0.491 e. The van der Waals surface area contributed by atoms with Crippen molar-refractivity contribution in [2.24, 2.45) is 5.16 Å². The minimum Gasteiger partial charge on any atom is -0.491 e. The average Bonchev–Trinajstić information content (AvgIpc) is 2.60. The van der Waals surface area contributed by atoms with Gasteiger partial charge in [0.15, 0.2) is 0 Å². The highest BCUT2D eigenvalue weighted by Gasteiger charge is 2.11. The smallest absolute Gasteiger partial charge is 0.126 e. The lowest BCUT2D eigenvalue weighted by atomic mass is 10.0. The van der Waals surface area contributed by atoms with Crippen LogP contribution in [-0.2, 0) is 17.6 Å². The molecule has 0 aliphatic heterocycles. The van der Waals surface area contributed by atoms with Gasteiger partial charge >= 0.3 is 0 Å². The summed E-state index contributed by atoms with van der Waals surface area (Å²) in [4.78, 5) is 0. The van der Waals surface area contributed by atoms with Gasteiger partial charge in [-0.2, -0.15) is 0 Å². The molecule has 0 atom stereocenters. The Kier molecular flexibility index (Phi) is 11.1. The summed E-state index contributed by atoms with van der Waals surface area (Å²) >= 11 is 11.2. The highest BCUT2D eigenvalue weighted by Crippen LogP contribution is 2.31. The van der Waals surface area contributed by atoms with E-state index in [1.54, 1.807) is 6.08 Å². The molecule has 0 spiro atoms. The lowest BCUT2D eigenvalue weighted by Gasteiger charge is -2.17. The third-order valence-electron chi connectivity index (χ3n) is 3.41. The second-order valence-corrected chi connectivity index (χ2v) is 6.14. The summed E-state index contributed by atoms with van der Waals surface area (Å²) in [5, 5.41) is 11.2. The number of aryl methyl sites for hydroxylation is 2. The van der Waals surface area contributed by atoms with E-state index in [0.717, 1.165) is 35.5 Å². The van der Waals surface area contributed by atoms with Crippen LogP contribution >= 0.6 is 23.2 Å². The van der Waals surface area contributed by atoms with Gasteiger partial charge in [0, 0.05) is 12.6 Å². The van der Waals surface area contributed by atoms with E-state index in [4.69, 9.17) is 42.6 Å². The molecule has 0 aromatic heterocycles. The number of halogens is 2. The Morgan fingerprint density at radius 2 is 1.76 bits per heavy atom. The van der Waals surface area contributed by atoms with Crippen molar-refractivity contribution in [3.63, 3.8) is 0 Å². The molecule has 0 aliphatic carbocycles. The van der Waals surface area contributed by atoms with Crippen molar-refractivity contribution >= 4 is 29.4 Å². The van der Waals surface area contributed by atoms with Crippen molar-refractivity contribution in [3.8, 4) is 11.5 Å². The predicted molar refractivity (Wildman–Crippen MR) is 102 cm³/mol. The summed E-state index contributed by atoms with van der Waals surface area (Å²) in [7, 11) is 0. The van der Waals surface area contributed by atoms with Crippen LogP contribution in [0.2, 0.25) is 0 Å². The van der Waals surface area contributed by atoms with Gasteiger partial charge in [-0.25, -0.2) is 0 Å². The van der Waals surface area contributed by atoms with Gasteiger partial charge in [0.2, 0.25) is 0 Å². The standard InChI is InChI=1S/C18H25Cl2NO4/c1-3-14-12-16(24-9-6-17(19)20)13-15(4-2)18(14)25-11-10-23-8-5-7-21-22/h6-7,12-13,22H,3-5,8-11H2,1-2H3/b21-7+. The van der Waals surface area contributed by atoms with Crippen LogP contribution in [0.5, 0.6) is 11.5 Å². The summed E-state index contributed by atoms with van der Waals surface area (Å²) in [5.74, 6) is 1.66. The summed E-state index contributed by atoms with van der Waals surface area (Å²) < 4.78 is 17.2. The van der Waals surface area contributed by atoms with Gasteiger partial charge in [-0.3, -0.25) is 0 Å². The number of benzene rings is 1. The second-order valence-electron chi connectivity index (χ2n) is 5.13. The molecule has 7 heteroatoms. The molecule has 1 aromatic rings. The molecule has 0 amide bonds. The topological polar surface area (TPSA) is 60.3 Å². The first-order chi connectivity index (χ1) is 12.1. The van der Waals surface area contributed by atoms with Crippen LogP contribution < -0.4 is 9.47 Å². The molecular weight excluding hydrogens is 365 g/mol. The number of nitrogens with zero attached hydrogens (tertiary/aromatic N) is 1. The molecule has 0 fully saturated rings. The molecule has 5 nitrogen and oxygen atoms in total. The first kappa shape index (κ1) is 21.6. The zero-order chi connectivity index (χ0) is 18.5. The van der Waals surface area contributed by atoms with Gasteiger partial charge in [0.05, 0.1) is 13.2 Å².